The molecule has 16 heavy (non-hydrogen) atoms. The predicted molar refractivity (Wildman–Crippen MR) is 70.3 cm³/mol. The summed E-state index contributed by atoms with van der Waals surface area (Å²) < 4.78 is 0. The average molecular weight is 222 g/mol. The van der Waals surface area contributed by atoms with Gasteiger partial charge in [0.1, 0.15) is 0 Å². The summed E-state index contributed by atoms with van der Waals surface area (Å²) in [6, 6.07) is 0. The van der Waals surface area contributed by atoms with Crippen LogP contribution < -0.4 is 0 Å². The first-order valence-corrected chi connectivity index (χ1v) is 6.32. The molecule has 1 heteroatoms. The molecule has 1 aliphatic carbocycles. The zero-order chi connectivity index (χ0) is 12.3. The maximum absolute atomic E-state index is 9.41. The molecular formula is C15H26O. The highest BCUT2D eigenvalue weighted by molar-refractivity contribution is 5.19. The van der Waals surface area contributed by atoms with E-state index in [4.69, 9.17) is 0 Å². The maximum Gasteiger partial charge on any atom is 0.0467 e. The van der Waals surface area contributed by atoms with E-state index < -0.39 is 0 Å². The lowest BCUT2D eigenvalue weighted by Crippen LogP contribution is -2.25. The second kappa shape index (κ2) is 5.18. The van der Waals surface area contributed by atoms with E-state index in [-0.39, 0.29) is 5.41 Å². The SMILES string of the molecule is CC(C)=CC/C=C1/C[C@@H](CO)C(C)(C)[C@@H]1C. The summed E-state index contributed by atoms with van der Waals surface area (Å²) in [5.74, 6) is 1.02. The fraction of sp³-hybridized carbons (Fsp3) is 0.733. The summed E-state index contributed by atoms with van der Waals surface area (Å²) in [4.78, 5) is 0. The molecule has 1 nitrogen and oxygen atoms in total. The van der Waals surface area contributed by atoms with Crippen LogP contribution in [0.2, 0.25) is 0 Å². The van der Waals surface area contributed by atoms with E-state index in [0.717, 1.165) is 12.8 Å². The molecule has 0 heterocycles. The molecule has 0 radical (unpaired) electrons. The topological polar surface area (TPSA) is 20.2 Å². The third-order valence-electron chi connectivity index (χ3n) is 4.33. The summed E-state index contributed by atoms with van der Waals surface area (Å²) in [5.41, 5.74) is 3.15. The van der Waals surface area contributed by atoms with Crippen LogP contribution in [0.1, 0.15) is 47.5 Å². The number of allylic oxidation sites excluding steroid dienone is 4. The Labute approximate surface area is 100 Å². The molecule has 0 saturated heterocycles. The Morgan fingerprint density at radius 2 is 2.06 bits per heavy atom. The zero-order valence-electron chi connectivity index (χ0n) is 11.4. The quantitative estimate of drug-likeness (QED) is 0.717. The van der Waals surface area contributed by atoms with E-state index in [2.05, 4.69) is 46.8 Å². The first kappa shape index (κ1) is 13.5. The third kappa shape index (κ3) is 2.76. The van der Waals surface area contributed by atoms with Crippen LogP contribution in [0.15, 0.2) is 23.3 Å². The minimum absolute atomic E-state index is 0.242. The second-order valence-corrected chi connectivity index (χ2v) is 5.92. The van der Waals surface area contributed by atoms with Gasteiger partial charge in [0.15, 0.2) is 0 Å². The summed E-state index contributed by atoms with van der Waals surface area (Å²) in [7, 11) is 0. The Hall–Kier alpha value is -0.560. The van der Waals surface area contributed by atoms with E-state index in [0.29, 0.717) is 18.4 Å². The molecule has 0 spiro atoms. The molecular weight excluding hydrogens is 196 g/mol. The van der Waals surface area contributed by atoms with Crippen LogP contribution in [-0.2, 0) is 0 Å². The van der Waals surface area contributed by atoms with E-state index in [9.17, 15) is 5.11 Å². The Balaban J connectivity index is 2.75. The van der Waals surface area contributed by atoms with Gasteiger partial charge in [0.25, 0.3) is 0 Å². The van der Waals surface area contributed by atoms with Gasteiger partial charge in [-0.2, -0.15) is 0 Å². The first-order valence-electron chi connectivity index (χ1n) is 6.32. The van der Waals surface area contributed by atoms with Crippen molar-refractivity contribution in [3.63, 3.8) is 0 Å². The minimum atomic E-state index is 0.242. The van der Waals surface area contributed by atoms with Crippen molar-refractivity contribution in [1.29, 1.82) is 0 Å². The van der Waals surface area contributed by atoms with E-state index in [1.807, 2.05) is 0 Å². The molecule has 0 bridgehead atoms. The van der Waals surface area contributed by atoms with Crippen LogP contribution in [-0.4, -0.2) is 11.7 Å². The number of hydrogen-bond donors (Lipinski definition) is 1. The lowest BCUT2D eigenvalue weighted by Gasteiger charge is -2.29. The molecule has 2 atom stereocenters. The van der Waals surface area contributed by atoms with Crippen LogP contribution in [0.25, 0.3) is 0 Å². The van der Waals surface area contributed by atoms with Crippen molar-refractivity contribution in [3.05, 3.63) is 23.3 Å². The summed E-state index contributed by atoms with van der Waals surface area (Å²) in [5, 5.41) is 9.41. The molecule has 1 fully saturated rings. The molecule has 0 aliphatic heterocycles. The van der Waals surface area contributed by atoms with Gasteiger partial charge in [-0.3, -0.25) is 0 Å². The van der Waals surface area contributed by atoms with E-state index >= 15 is 0 Å². The van der Waals surface area contributed by atoms with Crippen molar-refractivity contribution in [2.75, 3.05) is 6.61 Å². The van der Waals surface area contributed by atoms with Gasteiger partial charge in [0, 0.05) is 6.61 Å². The maximum atomic E-state index is 9.41. The van der Waals surface area contributed by atoms with Crippen LogP contribution in [0.3, 0.4) is 0 Å². The van der Waals surface area contributed by atoms with Crippen LogP contribution >= 0.6 is 0 Å². The number of hydrogen-bond acceptors (Lipinski definition) is 1. The zero-order valence-corrected chi connectivity index (χ0v) is 11.4. The Morgan fingerprint density at radius 3 is 2.50 bits per heavy atom. The van der Waals surface area contributed by atoms with E-state index in [1.165, 1.54) is 11.1 Å². The molecule has 0 aromatic heterocycles. The van der Waals surface area contributed by atoms with Crippen molar-refractivity contribution < 1.29 is 5.11 Å². The van der Waals surface area contributed by atoms with Crippen molar-refractivity contribution in [2.24, 2.45) is 17.3 Å². The van der Waals surface area contributed by atoms with Crippen LogP contribution in [0, 0.1) is 17.3 Å². The molecule has 1 N–H and O–H groups in total. The second-order valence-electron chi connectivity index (χ2n) is 5.92. The Bertz CT molecular complexity index is 293. The molecule has 0 unspecified atom stereocenters. The standard InChI is InChI=1S/C15H26O/c1-11(2)7-6-8-13-9-14(10-16)15(4,5)12(13)3/h7-8,12,14,16H,6,9-10H2,1-5H3/b13-8-/t12-,14+/m1/s1. The fourth-order valence-corrected chi connectivity index (χ4v) is 2.56. The average Bonchev–Trinajstić information content (AvgIpc) is 2.40. The lowest BCUT2D eigenvalue weighted by molar-refractivity contribution is 0.121. The highest BCUT2D eigenvalue weighted by Gasteiger charge is 2.42. The van der Waals surface area contributed by atoms with Gasteiger partial charge in [0.2, 0.25) is 0 Å². The minimum Gasteiger partial charge on any atom is -0.396 e. The summed E-state index contributed by atoms with van der Waals surface area (Å²) in [6.45, 7) is 11.4. The van der Waals surface area contributed by atoms with Gasteiger partial charge >= 0.3 is 0 Å². The monoisotopic (exact) mass is 222 g/mol. The first-order chi connectivity index (χ1) is 7.39. The molecule has 0 aromatic rings. The smallest absolute Gasteiger partial charge is 0.0467 e. The highest BCUT2D eigenvalue weighted by Crippen LogP contribution is 2.50. The van der Waals surface area contributed by atoms with Gasteiger partial charge < -0.3 is 5.11 Å². The van der Waals surface area contributed by atoms with Gasteiger partial charge in [-0.05, 0) is 43.9 Å². The molecule has 1 aliphatic rings. The lowest BCUT2D eigenvalue weighted by atomic mass is 9.76. The van der Waals surface area contributed by atoms with Crippen molar-refractivity contribution in [3.8, 4) is 0 Å². The summed E-state index contributed by atoms with van der Waals surface area (Å²) in [6.07, 6.45) is 6.73. The van der Waals surface area contributed by atoms with Crippen molar-refractivity contribution in [1.82, 2.24) is 0 Å². The Morgan fingerprint density at radius 1 is 1.44 bits per heavy atom. The third-order valence-corrected chi connectivity index (χ3v) is 4.33. The fourth-order valence-electron chi connectivity index (χ4n) is 2.56. The molecule has 92 valence electrons. The van der Waals surface area contributed by atoms with Crippen molar-refractivity contribution >= 4 is 0 Å². The van der Waals surface area contributed by atoms with E-state index in [1.54, 1.807) is 0 Å². The van der Waals surface area contributed by atoms with Gasteiger partial charge in [-0.25, -0.2) is 0 Å². The molecule has 1 saturated carbocycles. The van der Waals surface area contributed by atoms with Crippen molar-refractivity contribution in [2.45, 2.75) is 47.5 Å². The Kier molecular flexibility index (Phi) is 4.37. The largest absolute Gasteiger partial charge is 0.396 e. The molecule has 1 rings (SSSR count). The normalized spacial score (nSPS) is 30.8. The summed E-state index contributed by atoms with van der Waals surface area (Å²) >= 11 is 0. The highest BCUT2D eigenvalue weighted by atomic mass is 16.3. The van der Waals surface area contributed by atoms with Gasteiger partial charge in [0.05, 0.1) is 0 Å². The predicted octanol–water partition coefficient (Wildman–Crippen LogP) is 3.94. The molecule has 0 amide bonds. The molecule has 0 aromatic carbocycles. The van der Waals surface area contributed by atoms with Crippen LogP contribution in [0.5, 0.6) is 0 Å². The number of aliphatic hydroxyl groups is 1. The van der Waals surface area contributed by atoms with Gasteiger partial charge in [-0.15, -0.1) is 0 Å². The number of rotatable bonds is 3. The number of aliphatic hydroxyl groups excluding tert-OH is 1. The van der Waals surface area contributed by atoms with Crippen LogP contribution in [0.4, 0.5) is 0 Å². The van der Waals surface area contributed by atoms with Gasteiger partial charge in [-0.1, -0.05) is 44.1 Å².